The Labute approximate surface area is 116 Å². The first-order valence-corrected chi connectivity index (χ1v) is 6.25. The lowest BCUT2D eigenvalue weighted by Crippen LogP contribution is -2.17. The van der Waals surface area contributed by atoms with Crippen LogP contribution in [0.25, 0.3) is 0 Å². The maximum Gasteiger partial charge on any atom is 0.350 e. The third-order valence-corrected chi connectivity index (χ3v) is 3.35. The molecule has 0 saturated heterocycles. The Balaban J connectivity index is 2.18. The van der Waals surface area contributed by atoms with Gasteiger partial charge in [-0.3, -0.25) is 14.9 Å². The topological polar surface area (TPSA) is 114 Å². The van der Waals surface area contributed by atoms with E-state index in [4.69, 9.17) is 0 Å². The van der Waals surface area contributed by atoms with Crippen LogP contribution in [0.4, 0.5) is 5.13 Å². The van der Waals surface area contributed by atoms with Crippen molar-refractivity contribution in [2.75, 3.05) is 12.4 Å². The van der Waals surface area contributed by atoms with E-state index in [-0.39, 0.29) is 10.8 Å². The normalized spacial score (nSPS) is 10.1. The lowest BCUT2D eigenvalue weighted by Gasteiger charge is -1.99. The lowest BCUT2D eigenvalue weighted by molar-refractivity contribution is 0.0605. The zero-order chi connectivity index (χ0) is 14.7. The standard InChI is InChI=1S/C11H10N4O4S/c1-5-8(10(18)19-2)20-11(12-5)13-9(17)6-3-4-7(16)15-14-6/h3-4H,1-2H3,(H,15,16)(H,12,13,17). The summed E-state index contributed by atoms with van der Waals surface area (Å²) in [5, 5.41) is 8.49. The van der Waals surface area contributed by atoms with E-state index in [1.165, 1.54) is 19.2 Å². The Morgan fingerprint density at radius 1 is 1.40 bits per heavy atom. The van der Waals surface area contributed by atoms with E-state index >= 15 is 0 Å². The average Bonchev–Trinajstić information content (AvgIpc) is 2.79. The summed E-state index contributed by atoms with van der Waals surface area (Å²) >= 11 is 1.00. The van der Waals surface area contributed by atoms with Crippen molar-refractivity contribution in [3.8, 4) is 0 Å². The Bertz CT molecular complexity index is 701. The van der Waals surface area contributed by atoms with E-state index in [2.05, 4.69) is 25.2 Å². The van der Waals surface area contributed by atoms with Crippen LogP contribution in [-0.2, 0) is 4.74 Å². The van der Waals surface area contributed by atoms with Crippen molar-refractivity contribution >= 4 is 28.3 Å². The summed E-state index contributed by atoms with van der Waals surface area (Å²) in [5.41, 5.74) is 0.100. The van der Waals surface area contributed by atoms with Gasteiger partial charge in [-0.25, -0.2) is 14.9 Å². The van der Waals surface area contributed by atoms with Gasteiger partial charge in [-0.1, -0.05) is 11.3 Å². The summed E-state index contributed by atoms with van der Waals surface area (Å²) in [7, 11) is 1.27. The smallest absolute Gasteiger partial charge is 0.350 e. The molecule has 0 spiro atoms. The van der Waals surface area contributed by atoms with E-state index in [1.807, 2.05) is 0 Å². The van der Waals surface area contributed by atoms with E-state index in [9.17, 15) is 14.4 Å². The molecule has 9 heteroatoms. The number of thiazole rings is 1. The van der Waals surface area contributed by atoms with E-state index in [0.717, 1.165) is 11.3 Å². The van der Waals surface area contributed by atoms with Gasteiger partial charge in [0, 0.05) is 6.07 Å². The molecule has 20 heavy (non-hydrogen) atoms. The van der Waals surface area contributed by atoms with E-state index < -0.39 is 17.4 Å². The van der Waals surface area contributed by atoms with Crippen LogP contribution in [0.2, 0.25) is 0 Å². The summed E-state index contributed by atoms with van der Waals surface area (Å²) in [6.45, 7) is 1.64. The summed E-state index contributed by atoms with van der Waals surface area (Å²) in [5.74, 6) is -1.05. The molecule has 1 amide bonds. The molecule has 0 atom stereocenters. The predicted octanol–water partition coefficient (Wildman–Crippen LogP) is 0.574. The first-order chi connectivity index (χ1) is 9.51. The van der Waals surface area contributed by atoms with Crippen molar-refractivity contribution in [1.29, 1.82) is 0 Å². The number of esters is 1. The van der Waals surface area contributed by atoms with Crippen LogP contribution in [-0.4, -0.2) is 34.2 Å². The van der Waals surface area contributed by atoms with Crippen LogP contribution in [0.3, 0.4) is 0 Å². The molecule has 0 aliphatic carbocycles. The van der Waals surface area contributed by atoms with E-state index in [0.29, 0.717) is 10.6 Å². The number of hydrogen-bond donors (Lipinski definition) is 2. The van der Waals surface area contributed by atoms with Crippen molar-refractivity contribution in [2.24, 2.45) is 0 Å². The molecule has 2 rings (SSSR count). The summed E-state index contributed by atoms with van der Waals surface area (Å²) in [6, 6.07) is 2.48. The van der Waals surface area contributed by atoms with Gasteiger partial charge in [-0.15, -0.1) is 0 Å². The number of nitrogens with one attached hydrogen (secondary N) is 2. The number of anilines is 1. The number of ether oxygens (including phenoxy) is 1. The number of methoxy groups -OCH3 is 1. The molecule has 104 valence electrons. The maximum absolute atomic E-state index is 11.8. The van der Waals surface area contributed by atoms with Gasteiger partial charge in [0.05, 0.1) is 12.8 Å². The number of aryl methyl sites for hydroxylation is 1. The summed E-state index contributed by atoms with van der Waals surface area (Å²) in [4.78, 5) is 38.5. The Morgan fingerprint density at radius 3 is 2.75 bits per heavy atom. The molecule has 0 aliphatic heterocycles. The molecule has 0 fully saturated rings. The monoisotopic (exact) mass is 294 g/mol. The van der Waals surface area contributed by atoms with Crippen molar-refractivity contribution in [3.63, 3.8) is 0 Å². The lowest BCUT2D eigenvalue weighted by atomic mass is 10.4. The maximum atomic E-state index is 11.8. The molecule has 0 aromatic carbocycles. The molecular weight excluding hydrogens is 284 g/mol. The van der Waals surface area contributed by atoms with Gasteiger partial charge in [0.1, 0.15) is 10.6 Å². The highest BCUT2D eigenvalue weighted by Gasteiger charge is 2.17. The fourth-order valence-electron chi connectivity index (χ4n) is 1.36. The van der Waals surface area contributed by atoms with Gasteiger partial charge < -0.3 is 4.74 Å². The molecule has 0 saturated carbocycles. The van der Waals surface area contributed by atoms with Crippen LogP contribution in [0.15, 0.2) is 16.9 Å². The number of hydrogen-bond acceptors (Lipinski definition) is 7. The van der Waals surface area contributed by atoms with Gasteiger partial charge in [-0.05, 0) is 13.0 Å². The van der Waals surface area contributed by atoms with E-state index in [1.54, 1.807) is 6.92 Å². The number of amides is 1. The zero-order valence-electron chi connectivity index (χ0n) is 10.6. The third kappa shape index (κ3) is 2.88. The molecule has 0 unspecified atom stereocenters. The quantitative estimate of drug-likeness (QED) is 0.800. The second kappa shape index (κ2) is 5.61. The number of nitrogens with zero attached hydrogens (tertiary/aromatic N) is 2. The summed E-state index contributed by atoms with van der Waals surface area (Å²) < 4.78 is 4.60. The predicted molar refractivity (Wildman–Crippen MR) is 71.0 cm³/mol. The number of H-pyrrole nitrogens is 1. The van der Waals surface area contributed by atoms with Crippen molar-refractivity contribution in [3.05, 3.63) is 38.8 Å². The highest BCUT2D eigenvalue weighted by Crippen LogP contribution is 2.23. The average molecular weight is 294 g/mol. The van der Waals surface area contributed by atoms with Gasteiger partial charge >= 0.3 is 5.97 Å². The largest absolute Gasteiger partial charge is 0.465 e. The SMILES string of the molecule is COC(=O)c1sc(NC(=O)c2ccc(=O)[nH]n2)nc1C. The Hall–Kier alpha value is -2.55. The van der Waals surface area contributed by atoms with Gasteiger partial charge in [0.25, 0.3) is 11.5 Å². The van der Waals surface area contributed by atoms with Crippen LogP contribution in [0.1, 0.15) is 25.9 Å². The molecule has 2 N–H and O–H groups in total. The van der Waals surface area contributed by atoms with Gasteiger partial charge in [-0.2, -0.15) is 5.10 Å². The fraction of sp³-hybridized carbons (Fsp3) is 0.182. The Kier molecular flexibility index (Phi) is 3.89. The van der Waals surface area contributed by atoms with Gasteiger partial charge in [0.15, 0.2) is 5.13 Å². The minimum absolute atomic E-state index is 0.0390. The molecule has 2 aromatic rings. The van der Waals surface area contributed by atoms with Crippen molar-refractivity contribution < 1.29 is 14.3 Å². The van der Waals surface area contributed by atoms with Crippen LogP contribution >= 0.6 is 11.3 Å². The number of rotatable bonds is 3. The molecular formula is C11H10N4O4S. The summed E-state index contributed by atoms with van der Waals surface area (Å²) in [6.07, 6.45) is 0. The highest BCUT2D eigenvalue weighted by atomic mass is 32.1. The molecule has 0 radical (unpaired) electrons. The first-order valence-electron chi connectivity index (χ1n) is 5.44. The molecule has 8 nitrogen and oxygen atoms in total. The minimum Gasteiger partial charge on any atom is -0.465 e. The molecule has 2 heterocycles. The van der Waals surface area contributed by atoms with Crippen LogP contribution < -0.4 is 10.9 Å². The third-order valence-electron chi connectivity index (χ3n) is 2.30. The fourth-order valence-corrected chi connectivity index (χ4v) is 2.24. The zero-order valence-corrected chi connectivity index (χ0v) is 11.4. The second-order valence-corrected chi connectivity index (χ2v) is 4.68. The minimum atomic E-state index is -0.536. The van der Waals surface area contributed by atoms with Crippen LogP contribution in [0.5, 0.6) is 0 Å². The number of aromatic nitrogens is 3. The molecule has 2 aromatic heterocycles. The van der Waals surface area contributed by atoms with Crippen molar-refractivity contribution in [1.82, 2.24) is 15.2 Å². The number of aromatic amines is 1. The van der Waals surface area contributed by atoms with Gasteiger partial charge in [0.2, 0.25) is 0 Å². The Morgan fingerprint density at radius 2 is 2.15 bits per heavy atom. The highest BCUT2D eigenvalue weighted by molar-refractivity contribution is 7.17. The van der Waals surface area contributed by atoms with Crippen LogP contribution in [0, 0.1) is 6.92 Å². The molecule has 0 bridgehead atoms. The second-order valence-electron chi connectivity index (χ2n) is 3.69. The molecule has 0 aliphatic rings. The number of carbonyl (C=O) groups excluding carboxylic acids is 2. The first kappa shape index (κ1) is 13.9. The number of carbonyl (C=O) groups is 2. The van der Waals surface area contributed by atoms with Crippen molar-refractivity contribution in [2.45, 2.75) is 6.92 Å².